The molecule has 17 heavy (non-hydrogen) atoms. The van der Waals surface area contributed by atoms with E-state index in [4.69, 9.17) is 0 Å². The lowest BCUT2D eigenvalue weighted by Crippen LogP contribution is -2.21. The summed E-state index contributed by atoms with van der Waals surface area (Å²) in [4.78, 5) is 8.52. The number of nitrogens with zero attached hydrogens (tertiary/aromatic N) is 4. The molecule has 2 heterocycles. The van der Waals surface area contributed by atoms with Crippen LogP contribution in [0, 0.1) is 6.92 Å². The first-order valence-corrected chi connectivity index (χ1v) is 5.65. The standard InChI is InChI=1S/C12H17N5/c1-9-6-15-11(7-13-9)8-14-10(2)12-4-5-16-17(12)3/h4-7,10,14H,8H2,1-3H3. The van der Waals surface area contributed by atoms with E-state index in [0.29, 0.717) is 6.54 Å². The van der Waals surface area contributed by atoms with Crippen molar-refractivity contribution in [3.63, 3.8) is 0 Å². The Kier molecular flexibility index (Phi) is 3.49. The van der Waals surface area contributed by atoms with Crippen molar-refractivity contribution in [3.05, 3.63) is 41.7 Å². The molecule has 0 aromatic carbocycles. The number of rotatable bonds is 4. The molecule has 0 aliphatic carbocycles. The fourth-order valence-electron chi connectivity index (χ4n) is 1.68. The van der Waals surface area contributed by atoms with E-state index < -0.39 is 0 Å². The third kappa shape index (κ3) is 2.88. The molecule has 0 aliphatic heterocycles. The molecule has 0 radical (unpaired) electrons. The Morgan fingerprint density at radius 1 is 1.35 bits per heavy atom. The average molecular weight is 231 g/mol. The fraction of sp³-hybridized carbons (Fsp3) is 0.417. The molecule has 5 heteroatoms. The van der Waals surface area contributed by atoms with Gasteiger partial charge in [0.1, 0.15) is 0 Å². The molecule has 5 nitrogen and oxygen atoms in total. The van der Waals surface area contributed by atoms with Crippen LogP contribution in [0.5, 0.6) is 0 Å². The molecule has 90 valence electrons. The van der Waals surface area contributed by atoms with Crippen LogP contribution < -0.4 is 5.32 Å². The van der Waals surface area contributed by atoms with Crippen LogP contribution >= 0.6 is 0 Å². The summed E-state index contributed by atoms with van der Waals surface area (Å²) in [6, 6.07) is 2.25. The molecular weight excluding hydrogens is 214 g/mol. The van der Waals surface area contributed by atoms with Gasteiger partial charge in [-0.15, -0.1) is 0 Å². The smallest absolute Gasteiger partial charge is 0.0724 e. The van der Waals surface area contributed by atoms with Crippen LogP contribution in [0.25, 0.3) is 0 Å². The van der Waals surface area contributed by atoms with Crippen LogP contribution in [-0.4, -0.2) is 19.7 Å². The molecule has 0 saturated heterocycles. The van der Waals surface area contributed by atoms with Gasteiger partial charge in [0.05, 0.1) is 17.1 Å². The SMILES string of the molecule is Cc1cnc(CNC(C)c2ccnn2C)cn1. The lowest BCUT2D eigenvalue weighted by molar-refractivity contribution is 0.524. The summed E-state index contributed by atoms with van der Waals surface area (Å²) in [6.07, 6.45) is 5.39. The Hall–Kier alpha value is -1.75. The first-order valence-electron chi connectivity index (χ1n) is 5.65. The molecule has 1 unspecified atom stereocenters. The van der Waals surface area contributed by atoms with E-state index in [1.165, 1.54) is 0 Å². The summed E-state index contributed by atoms with van der Waals surface area (Å²) in [5.74, 6) is 0. The Bertz CT molecular complexity index is 474. The van der Waals surface area contributed by atoms with Crippen molar-refractivity contribution >= 4 is 0 Å². The van der Waals surface area contributed by atoms with Crippen LogP contribution in [0.2, 0.25) is 0 Å². The zero-order valence-corrected chi connectivity index (χ0v) is 10.4. The van der Waals surface area contributed by atoms with Crippen LogP contribution in [0.1, 0.15) is 30.0 Å². The van der Waals surface area contributed by atoms with Crippen molar-refractivity contribution in [1.82, 2.24) is 25.1 Å². The molecule has 0 bridgehead atoms. The molecule has 0 saturated carbocycles. The number of hydrogen-bond donors (Lipinski definition) is 1. The van der Waals surface area contributed by atoms with Crippen LogP contribution in [0.4, 0.5) is 0 Å². The number of hydrogen-bond acceptors (Lipinski definition) is 4. The number of aromatic nitrogens is 4. The van der Waals surface area contributed by atoms with E-state index in [2.05, 4.69) is 27.3 Å². The maximum absolute atomic E-state index is 4.31. The summed E-state index contributed by atoms with van der Waals surface area (Å²) >= 11 is 0. The first kappa shape index (κ1) is 11.7. The van der Waals surface area contributed by atoms with Crippen LogP contribution in [-0.2, 0) is 13.6 Å². The van der Waals surface area contributed by atoms with E-state index >= 15 is 0 Å². The monoisotopic (exact) mass is 231 g/mol. The second-order valence-electron chi connectivity index (χ2n) is 4.13. The molecule has 0 spiro atoms. The minimum Gasteiger partial charge on any atom is -0.303 e. The maximum atomic E-state index is 4.31. The van der Waals surface area contributed by atoms with Gasteiger partial charge in [-0.25, -0.2) is 0 Å². The van der Waals surface area contributed by atoms with Gasteiger partial charge in [-0.3, -0.25) is 14.6 Å². The largest absolute Gasteiger partial charge is 0.303 e. The molecule has 0 amide bonds. The molecule has 1 atom stereocenters. The van der Waals surface area contributed by atoms with E-state index in [1.54, 1.807) is 18.6 Å². The second-order valence-corrected chi connectivity index (χ2v) is 4.13. The van der Waals surface area contributed by atoms with Gasteiger partial charge in [0.2, 0.25) is 0 Å². The van der Waals surface area contributed by atoms with Gasteiger partial charge >= 0.3 is 0 Å². The third-order valence-corrected chi connectivity index (χ3v) is 2.73. The highest BCUT2D eigenvalue weighted by molar-refractivity contribution is 5.06. The van der Waals surface area contributed by atoms with Gasteiger partial charge in [-0.1, -0.05) is 0 Å². The summed E-state index contributed by atoms with van der Waals surface area (Å²) in [7, 11) is 1.94. The zero-order valence-electron chi connectivity index (χ0n) is 10.4. The van der Waals surface area contributed by atoms with Crippen molar-refractivity contribution in [2.45, 2.75) is 26.4 Å². The average Bonchev–Trinajstić information content (AvgIpc) is 2.74. The summed E-state index contributed by atoms with van der Waals surface area (Å²) < 4.78 is 1.87. The molecule has 0 aliphatic rings. The third-order valence-electron chi connectivity index (χ3n) is 2.73. The first-order chi connectivity index (χ1) is 8.16. The lowest BCUT2D eigenvalue weighted by atomic mass is 10.2. The summed E-state index contributed by atoms with van der Waals surface area (Å²) in [6.45, 7) is 4.75. The zero-order chi connectivity index (χ0) is 12.3. The van der Waals surface area contributed by atoms with Gasteiger partial charge in [0, 0.05) is 38.2 Å². The van der Waals surface area contributed by atoms with E-state index in [0.717, 1.165) is 17.1 Å². The minimum atomic E-state index is 0.241. The fourth-order valence-corrected chi connectivity index (χ4v) is 1.68. The van der Waals surface area contributed by atoms with Gasteiger partial charge < -0.3 is 5.32 Å². The summed E-state index contributed by atoms with van der Waals surface area (Å²) in [5, 5.41) is 7.55. The Labute approximate surface area is 101 Å². The van der Waals surface area contributed by atoms with Crippen molar-refractivity contribution < 1.29 is 0 Å². The molecule has 2 rings (SSSR count). The Balaban J connectivity index is 1.94. The normalized spacial score (nSPS) is 12.6. The topological polar surface area (TPSA) is 55.6 Å². The van der Waals surface area contributed by atoms with E-state index in [9.17, 15) is 0 Å². The lowest BCUT2D eigenvalue weighted by Gasteiger charge is -2.13. The Morgan fingerprint density at radius 2 is 2.18 bits per heavy atom. The molecular formula is C12H17N5. The molecule has 1 N–H and O–H groups in total. The number of nitrogens with one attached hydrogen (secondary N) is 1. The predicted molar refractivity (Wildman–Crippen MR) is 65.2 cm³/mol. The van der Waals surface area contributed by atoms with Crippen molar-refractivity contribution in [2.75, 3.05) is 0 Å². The van der Waals surface area contributed by atoms with E-state index in [-0.39, 0.29) is 6.04 Å². The highest BCUT2D eigenvalue weighted by atomic mass is 15.3. The van der Waals surface area contributed by atoms with E-state index in [1.807, 2.05) is 24.7 Å². The number of aryl methyl sites for hydroxylation is 2. The Morgan fingerprint density at radius 3 is 2.76 bits per heavy atom. The van der Waals surface area contributed by atoms with Crippen LogP contribution in [0.3, 0.4) is 0 Å². The minimum absolute atomic E-state index is 0.241. The maximum Gasteiger partial charge on any atom is 0.0724 e. The quantitative estimate of drug-likeness (QED) is 0.863. The van der Waals surface area contributed by atoms with Gasteiger partial charge in [-0.05, 0) is 19.9 Å². The highest BCUT2D eigenvalue weighted by Crippen LogP contribution is 2.10. The molecule has 0 fully saturated rings. The second kappa shape index (κ2) is 5.05. The predicted octanol–water partition coefficient (Wildman–Crippen LogP) is 1.37. The van der Waals surface area contributed by atoms with Gasteiger partial charge in [-0.2, -0.15) is 5.10 Å². The van der Waals surface area contributed by atoms with Crippen LogP contribution in [0.15, 0.2) is 24.7 Å². The van der Waals surface area contributed by atoms with Gasteiger partial charge in [0.15, 0.2) is 0 Å². The van der Waals surface area contributed by atoms with Gasteiger partial charge in [0.25, 0.3) is 0 Å². The highest BCUT2D eigenvalue weighted by Gasteiger charge is 2.08. The van der Waals surface area contributed by atoms with Crippen molar-refractivity contribution in [2.24, 2.45) is 7.05 Å². The van der Waals surface area contributed by atoms with Crippen molar-refractivity contribution in [1.29, 1.82) is 0 Å². The molecule has 2 aromatic rings. The summed E-state index contributed by atoms with van der Waals surface area (Å²) in [5.41, 5.74) is 3.04. The molecule has 2 aromatic heterocycles. The van der Waals surface area contributed by atoms with Crippen molar-refractivity contribution in [3.8, 4) is 0 Å².